The Kier molecular flexibility index (Phi) is 5.26. The topological polar surface area (TPSA) is 53.7 Å². The van der Waals surface area contributed by atoms with E-state index in [-0.39, 0.29) is 18.7 Å². The molecule has 0 fully saturated rings. The van der Waals surface area contributed by atoms with Gasteiger partial charge in [0.25, 0.3) is 5.91 Å². The predicted molar refractivity (Wildman–Crippen MR) is 91.3 cm³/mol. The van der Waals surface area contributed by atoms with Gasteiger partial charge in [-0.25, -0.2) is 4.39 Å². The van der Waals surface area contributed by atoms with E-state index in [1.54, 1.807) is 18.2 Å². The molecule has 1 amide bonds. The molecule has 3 rings (SSSR count). The smallest absolute Gasteiger partial charge is 0.257 e. The fourth-order valence-electron chi connectivity index (χ4n) is 2.61. The molecule has 0 aliphatic rings. The lowest BCUT2D eigenvalue weighted by Crippen LogP contribution is -2.34. The number of aliphatic hydroxyl groups excluding tert-OH is 1. The molecule has 1 unspecified atom stereocenters. The Morgan fingerprint density at radius 1 is 1.04 bits per heavy atom. The largest absolute Gasteiger partial charge is 0.467 e. The SMILES string of the molecule is O=C(c1ccccc1F)N(Cc1ccccc1)CC(O)c1ccco1. The third-order valence-corrected chi connectivity index (χ3v) is 3.87. The van der Waals surface area contributed by atoms with Crippen molar-refractivity contribution in [1.82, 2.24) is 4.90 Å². The summed E-state index contributed by atoms with van der Waals surface area (Å²) in [6.07, 6.45) is 0.466. The molecule has 1 atom stereocenters. The van der Waals surface area contributed by atoms with Crippen molar-refractivity contribution in [3.63, 3.8) is 0 Å². The Morgan fingerprint density at radius 2 is 1.76 bits per heavy atom. The highest BCUT2D eigenvalue weighted by Crippen LogP contribution is 2.19. The first-order valence-corrected chi connectivity index (χ1v) is 7.94. The second kappa shape index (κ2) is 7.77. The number of furan rings is 1. The molecule has 0 bridgehead atoms. The van der Waals surface area contributed by atoms with Crippen LogP contribution in [0.3, 0.4) is 0 Å². The van der Waals surface area contributed by atoms with Crippen molar-refractivity contribution >= 4 is 5.91 Å². The highest BCUT2D eigenvalue weighted by Gasteiger charge is 2.23. The van der Waals surface area contributed by atoms with Gasteiger partial charge in [0.2, 0.25) is 0 Å². The van der Waals surface area contributed by atoms with Gasteiger partial charge in [-0.15, -0.1) is 0 Å². The first kappa shape index (κ1) is 16.9. The van der Waals surface area contributed by atoms with Crippen LogP contribution < -0.4 is 0 Å². The maximum atomic E-state index is 14.0. The van der Waals surface area contributed by atoms with Gasteiger partial charge in [-0.05, 0) is 29.8 Å². The number of carbonyl (C=O) groups is 1. The van der Waals surface area contributed by atoms with Gasteiger partial charge in [-0.3, -0.25) is 4.79 Å². The molecule has 1 aromatic heterocycles. The van der Waals surface area contributed by atoms with Crippen molar-refractivity contribution in [2.24, 2.45) is 0 Å². The summed E-state index contributed by atoms with van der Waals surface area (Å²) >= 11 is 0. The van der Waals surface area contributed by atoms with Crippen LogP contribution >= 0.6 is 0 Å². The molecule has 25 heavy (non-hydrogen) atoms. The number of carbonyl (C=O) groups excluding carboxylic acids is 1. The number of halogens is 1. The lowest BCUT2D eigenvalue weighted by Gasteiger charge is -2.25. The molecular weight excluding hydrogens is 321 g/mol. The van der Waals surface area contributed by atoms with Gasteiger partial charge in [-0.1, -0.05) is 42.5 Å². The van der Waals surface area contributed by atoms with Gasteiger partial charge in [-0.2, -0.15) is 0 Å². The van der Waals surface area contributed by atoms with E-state index in [0.29, 0.717) is 5.76 Å². The number of nitrogens with zero attached hydrogens (tertiary/aromatic N) is 1. The highest BCUT2D eigenvalue weighted by molar-refractivity contribution is 5.94. The van der Waals surface area contributed by atoms with Crippen LogP contribution in [0.1, 0.15) is 27.8 Å². The van der Waals surface area contributed by atoms with Gasteiger partial charge in [0.05, 0.1) is 18.4 Å². The molecule has 5 heteroatoms. The number of hydrogen-bond donors (Lipinski definition) is 1. The Bertz CT molecular complexity index is 818. The minimum atomic E-state index is -0.991. The van der Waals surface area contributed by atoms with Crippen molar-refractivity contribution in [2.75, 3.05) is 6.54 Å². The molecule has 0 aliphatic carbocycles. The van der Waals surface area contributed by atoms with Gasteiger partial charge in [0.15, 0.2) is 0 Å². The van der Waals surface area contributed by atoms with E-state index in [9.17, 15) is 14.3 Å². The average Bonchev–Trinajstić information content (AvgIpc) is 3.17. The zero-order valence-corrected chi connectivity index (χ0v) is 13.5. The van der Waals surface area contributed by atoms with Crippen LogP contribution in [0.5, 0.6) is 0 Å². The van der Waals surface area contributed by atoms with Crippen LogP contribution in [0.25, 0.3) is 0 Å². The Balaban J connectivity index is 1.85. The Hall–Kier alpha value is -2.92. The van der Waals surface area contributed by atoms with E-state index < -0.39 is 17.8 Å². The minimum absolute atomic E-state index is 0.00439. The number of amides is 1. The van der Waals surface area contributed by atoms with E-state index >= 15 is 0 Å². The van der Waals surface area contributed by atoms with Crippen molar-refractivity contribution in [2.45, 2.75) is 12.6 Å². The van der Waals surface area contributed by atoms with Crippen LogP contribution in [-0.4, -0.2) is 22.5 Å². The second-order valence-electron chi connectivity index (χ2n) is 5.68. The van der Waals surface area contributed by atoms with Crippen LogP contribution in [0.2, 0.25) is 0 Å². The summed E-state index contributed by atoms with van der Waals surface area (Å²) in [6, 6.07) is 18.5. The highest BCUT2D eigenvalue weighted by atomic mass is 19.1. The summed E-state index contributed by atoms with van der Waals surface area (Å²) in [4.78, 5) is 14.2. The summed E-state index contributed by atoms with van der Waals surface area (Å²) in [6.45, 7) is 0.251. The molecule has 0 saturated heterocycles. The zero-order chi connectivity index (χ0) is 17.6. The molecule has 4 nitrogen and oxygen atoms in total. The Labute approximate surface area is 145 Å². The lowest BCUT2D eigenvalue weighted by molar-refractivity contribution is 0.0559. The number of rotatable bonds is 6. The van der Waals surface area contributed by atoms with Crippen LogP contribution in [0.15, 0.2) is 77.4 Å². The van der Waals surface area contributed by atoms with Crippen LogP contribution in [0.4, 0.5) is 4.39 Å². The predicted octanol–water partition coefficient (Wildman–Crippen LogP) is 3.79. The van der Waals surface area contributed by atoms with E-state index in [0.717, 1.165) is 5.56 Å². The molecule has 0 radical (unpaired) electrons. The zero-order valence-electron chi connectivity index (χ0n) is 13.5. The standard InChI is InChI=1S/C20H18FNO3/c21-17-10-5-4-9-16(17)20(24)22(13-15-7-2-1-3-8-15)14-18(23)19-11-6-12-25-19/h1-12,18,23H,13-14H2. The first-order valence-electron chi connectivity index (χ1n) is 7.94. The quantitative estimate of drug-likeness (QED) is 0.743. The average molecular weight is 339 g/mol. The van der Waals surface area contributed by atoms with Gasteiger partial charge < -0.3 is 14.4 Å². The van der Waals surface area contributed by atoms with Crippen molar-refractivity contribution < 1.29 is 18.7 Å². The molecule has 1 heterocycles. The maximum Gasteiger partial charge on any atom is 0.257 e. The number of benzene rings is 2. The summed E-state index contributed by atoms with van der Waals surface area (Å²) in [5.74, 6) is -0.704. The fourth-order valence-corrected chi connectivity index (χ4v) is 2.61. The Morgan fingerprint density at radius 3 is 2.44 bits per heavy atom. The van der Waals surface area contributed by atoms with Gasteiger partial charge in [0.1, 0.15) is 17.7 Å². The first-order chi connectivity index (χ1) is 12.1. The minimum Gasteiger partial charge on any atom is -0.467 e. The van der Waals surface area contributed by atoms with Crippen molar-refractivity contribution in [3.05, 3.63) is 95.7 Å². The summed E-state index contributed by atoms with van der Waals surface area (Å²) in [7, 11) is 0. The normalized spacial score (nSPS) is 11.9. The number of aliphatic hydroxyl groups is 1. The molecule has 2 aromatic carbocycles. The van der Waals surface area contributed by atoms with Crippen LogP contribution in [-0.2, 0) is 6.54 Å². The molecule has 128 valence electrons. The van der Waals surface area contributed by atoms with Gasteiger partial charge >= 0.3 is 0 Å². The maximum absolute atomic E-state index is 14.0. The third kappa shape index (κ3) is 4.14. The molecule has 0 aliphatic heterocycles. The van der Waals surface area contributed by atoms with E-state index in [1.807, 2.05) is 30.3 Å². The molecule has 1 N–H and O–H groups in total. The van der Waals surface area contributed by atoms with Crippen LogP contribution in [0, 0.1) is 5.82 Å². The fraction of sp³-hybridized carbons (Fsp3) is 0.150. The van der Waals surface area contributed by atoms with E-state index in [2.05, 4.69) is 0 Å². The van der Waals surface area contributed by atoms with Crippen molar-refractivity contribution in [3.8, 4) is 0 Å². The van der Waals surface area contributed by atoms with Gasteiger partial charge in [0, 0.05) is 6.54 Å². The van der Waals surface area contributed by atoms with E-state index in [4.69, 9.17) is 4.42 Å². The van der Waals surface area contributed by atoms with Crippen molar-refractivity contribution in [1.29, 1.82) is 0 Å². The summed E-state index contributed by atoms with van der Waals surface area (Å²) in [5.41, 5.74) is 0.865. The molecule has 0 spiro atoms. The molecular formula is C20H18FNO3. The van der Waals surface area contributed by atoms with E-state index in [1.165, 1.54) is 29.4 Å². The summed E-state index contributed by atoms with van der Waals surface area (Å²) in [5, 5.41) is 10.3. The summed E-state index contributed by atoms with van der Waals surface area (Å²) < 4.78 is 19.2. The molecule has 3 aromatic rings. The number of hydrogen-bond acceptors (Lipinski definition) is 3. The third-order valence-electron chi connectivity index (χ3n) is 3.87. The monoisotopic (exact) mass is 339 g/mol. The lowest BCUT2D eigenvalue weighted by atomic mass is 10.1. The second-order valence-corrected chi connectivity index (χ2v) is 5.68. The molecule has 0 saturated carbocycles.